The molecule has 2 rings (SSSR count). The molecule has 0 radical (unpaired) electrons. The first-order chi connectivity index (χ1) is 8.15. The lowest BCUT2D eigenvalue weighted by Crippen LogP contribution is -2.29. The molecule has 1 fully saturated rings. The van der Waals surface area contributed by atoms with Gasteiger partial charge in [0.25, 0.3) is 0 Å². The van der Waals surface area contributed by atoms with Gasteiger partial charge in [0.15, 0.2) is 0 Å². The van der Waals surface area contributed by atoms with Crippen LogP contribution in [0.4, 0.5) is 0 Å². The van der Waals surface area contributed by atoms with Crippen molar-refractivity contribution in [2.24, 2.45) is 0 Å². The van der Waals surface area contributed by atoms with Gasteiger partial charge in [0.05, 0.1) is 12.7 Å². The Kier molecular flexibility index (Phi) is 4.15. The standard InChI is InChI=1S/C12H14BrNO3/c13-9-3-1-8(2-4-9)7-17-10-5-11(12(15)16)14-6-10/h1-4,10-11,14H,5-7H2,(H,15,16)/t10-,11+/m1/s1. The number of carboxylic acid groups (broad SMARTS) is 1. The zero-order valence-corrected chi connectivity index (χ0v) is 10.8. The van der Waals surface area contributed by atoms with Crippen LogP contribution >= 0.6 is 15.9 Å². The first-order valence-electron chi connectivity index (χ1n) is 5.47. The summed E-state index contributed by atoms with van der Waals surface area (Å²) in [4.78, 5) is 10.7. The molecule has 0 amide bonds. The zero-order valence-electron chi connectivity index (χ0n) is 9.23. The lowest BCUT2D eigenvalue weighted by molar-refractivity contribution is -0.139. The third-order valence-corrected chi connectivity index (χ3v) is 3.32. The third kappa shape index (κ3) is 3.52. The Balaban J connectivity index is 1.80. The molecule has 92 valence electrons. The van der Waals surface area contributed by atoms with Crippen molar-refractivity contribution in [3.8, 4) is 0 Å². The molecule has 5 heteroatoms. The second-order valence-electron chi connectivity index (χ2n) is 4.09. The van der Waals surface area contributed by atoms with E-state index in [-0.39, 0.29) is 6.10 Å². The van der Waals surface area contributed by atoms with Gasteiger partial charge < -0.3 is 15.2 Å². The van der Waals surface area contributed by atoms with Crippen molar-refractivity contribution in [1.29, 1.82) is 0 Å². The Labute approximate surface area is 108 Å². The van der Waals surface area contributed by atoms with Crippen molar-refractivity contribution in [3.63, 3.8) is 0 Å². The minimum Gasteiger partial charge on any atom is -0.480 e. The largest absolute Gasteiger partial charge is 0.480 e. The van der Waals surface area contributed by atoms with E-state index < -0.39 is 12.0 Å². The van der Waals surface area contributed by atoms with E-state index in [2.05, 4.69) is 21.2 Å². The van der Waals surface area contributed by atoms with E-state index in [9.17, 15) is 4.79 Å². The van der Waals surface area contributed by atoms with Crippen LogP contribution in [0.3, 0.4) is 0 Å². The van der Waals surface area contributed by atoms with Crippen LogP contribution < -0.4 is 5.32 Å². The predicted molar refractivity (Wildman–Crippen MR) is 66.8 cm³/mol. The van der Waals surface area contributed by atoms with E-state index in [1.165, 1.54) is 0 Å². The number of nitrogens with one attached hydrogen (secondary N) is 1. The summed E-state index contributed by atoms with van der Waals surface area (Å²) < 4.78 is 6.70. The van der Waals surface area contributed by atoms with E-state index in [1.807, 2.05) is 24.3 Å². The van der Waals surface area contributed by atoms with Gasteiger partial charge in [0.2, 0.25) is 0 Å². The maximum absolute atomic E-state index is 10.7. The van der Waals surface area contributed by atoms with Crippen molar-refractivity contribution in [3.05, 3.63) is 34.3 Å². The molecule has 1 aromatic carbocycles. The van der Waals surface area contributed by atoms with Crippen molar-refractivity contribution in [1.82, 2.24) is 5.32 Å². The third-order valence-electron chi connectivity index (χ3n) is 2.79. The maximum Gasteiger partial charge on any atom is 0.320 e. The van der Waals surface area contributed by atoms with E-state index in [1.54, 1.807) is 0 Å². The fourth-order valence-electron chi connectivity index (χ4n) is 1.81. The Morgan fingerprint density at radius 1 is 1.47 bits per heavy atom. The highest BCUT2D eigenvalue weighted by Crippen LogP contribution is 2.15. The quantitative estimate of drug-likeness (QED) is 0.890. The van der Waals surface area contributed by atoms with Crippen molar-refractivity contribution >= 4 is 21.9 Å². The summed E-state index contributed by atoms with van der Waals surface area (Å²) >= 11 is 3.37. The Morgan fingerprint density at radius 3 is 2.76 bits per heavy atom. The average molecular weight is 300 g/mol. The van der Waals surface area contributed by atoms with Gasteiger partial charge in [-0.15, -0.1) is 0 Å². The minimum absolute atomic E-state index is 0.0141. The molecule has 1 aromatic rings. The van der Waals surface area contributed by atoms with Gasteiger partial charge in [0.1, 0.15) is 6.04 Å². The predicted octanol–water partition coefficient (Wildman–Crippen LogP) is 1.78. The molecule has 0 aromatic heterocycles. The number of aliphatic carboxylic acids is 1. The second-order valence-corrected chi connectivity index (χ2v) is 5.01. The number of ether oxygens (including phenoxy) is 1. The zero-order chi connectivity index (χ0) is 12.3. The van der Waals surface area contributed by atoms with E-state index in [0.29, 0.717) is 19.6 Å². The second kappa shape index (κ2) is 5.62. The lowest BCUT2D eigenvalue weighted by Gasteiger charge is -2.10. The number of hydrogen-bond acceptors (Lipinski definition) is 3. The fourth-order valence-corrected chi connectivity index (χ4v) is 2.08. The van der Waals surface area contributed by atoms with Crippen LogP contribution in [0.2, 0.25) is 0 Å². The molecule has 17 heavy (non-hydrogen) atoms. The highest BCUT2D eigenvalue weighted by Gasteiger charge is 2.29. The number of rotatable bonds is 4. The monoisotopic (exact) mass is 299 g/mol. The van der Waals surface area contributed by atoms with Gasteiger partial charge in [-0.2, -0.15) is 0 Å². The number of carbonyl (C=O) groups is 1. The highest BCUT2D eigenvalue weighted by atomic mass is 79.9. The summed E-state index contributed by atoms with van der Waals surface area (Å²) in [6, 6.07) is 7.43. The molecule has 4 nitrogen and oxygen atoms in total. The maximum atomic E-state index is 10.7. The van der Waals surface area contributed by atoms with Gasteiger partial charge in [-0.05, 0) is 17.7 Å². The smallest absolute Gasteiger partial charge is 0.320 e. The number of carboxylic acids is 1. The summed E-state index contributed by atoms with van der Waals surface area (Å²) in [6.45, 7) is 1.12. The van der Waals surface area contributed by atoms with E-state index >= 15 is 0 Å². The topological polar surface area (TPSA) is 58.6 Å². The van der Waals surface area contributed by atoms with Gasteiger partial charge in [-0.25, -0.2) is 0 Å². The molecule has 1 heterocycles. The lowest BCUT2D eigenvalue weighted by atomic mass is 10.2. The molecule has 2 N–H and O–H groups in total. The summed E-state index contributed by atoms with van der Waals surface area (Å²) in [5, 5.41) is 11.7. The molecular weight excluding hydrogens is 286 g/mol. The first-order valence-corrected chi connectivity index (χ1v) is 6.26. The van der Waals surface area contributed by atoms with Crippen molar-refractivity contribution in [2.45, 2.75) is 25.2 Å². The molecule has 1 saturated heterocycles. The van der Waals surface area contributed by atoms with Gasteiger partial charge in [-0.1, -0.05) is 28.1 Å². The first kappa shape index (κ1) is 12.5. The normalized spacial score (nSPS) is 23.8. The SMILES string of the molecule is O=C(O)[C@@H]1C[C@@H](OCc2ccc(Br)cc2)CN1. The number of hydrogen-bond donors (Lipinski definition) is 2. The average Bonchev–Trinajstić information content (AvgIpc) is 2.77. The van der Waals surface area contributed by atoms with Crippen molar-refractivity contribution in [2.75, 3.05) is 6.54 Å². The summed E-state index contributed by atoms with van der Waals surface area (Å²) in [5.41, 5.74) is 1.09. The van der Waals surface area contributed by atoms with Crippen LogP contribution in [0.25, 0.3) is 0 Å². The molecule has 1 aliphatic heterocycles. The molecule has 2 atom stereocenters. The molecule has 0 bridgehead atoms. The summed E-state index contributed by atoms with van der Waals surface area (Å²) in [7, 11) is 0. The molecular formula is C12H14BrNO3. The van der Waals surface area contributed by atoms with Crippen molar-refractivity contribution < 1.29 is 14.6 Å². The number of benzene rings is 1. The van der Waals surface area contributed by atoms with Gasteiger partial charge in [0, 0.05) is 17.4 Å². The molecule has 0 unspecified atom stereocenters. The minimum atomic E-state index is -0.806. The van der Waals surface area contributed by atoms with Crippen LogP contribution in [0.15, 0.2) is 28.7 Å². The molecule has 1 aliphatic rings. The summed E-state index contributed by atoms with van der Waals surface area (Å²) in [5.74, 6) is -0.806. The highest BCUT2D eigenvalue weighted by molar-refractivity contribution is 9.10. The van der Waals surface area contributed by atoms with Gasteiger partial charge in [-0.3, -0.25) is 4.79 Å². The fraction of sp³-hybridized carbons (Fsp3) is 0.417. The van der Waals surface area contributed by atoms with Gasteiger partial charge >= 0.3 is 5.97 Å². The number of halogens is 1. The van der Waals surface area contributed by atoms with Crippen LogP contribution in [-0.4, -0.2) is 29.8 Å². The van der Waals surface area contributed by atoms with Crippen LogP contribution in [0, 0.1) is 0 Å². The Bertz CT molecular complexity index is 393. The molecule has 0 saturated carbocycles. The summed E-state index contributed by atoms with van der Waals surface area (Å²) in [6.07, 6.45) is 0.519. The Morgan fingerprint density at radius 2 is 2.18 bits per heavy atom. The molecule has 0 aliphatic carbocycles. The van der Waals surface area contributed by atoms with E-state index in [0.717, 1.165) is 10.0 Å². The van der Waals surface area contributed by atoms with Crippen LogP contribution in [-0.2, 0) is 16.1 Å². The Hall–Kier alpha value is -0.910. The van der Waals surface area contributed by atoms with E-state index in [4.69, 9.17) is 9.84 Å². The molecule has 0 spiro atoms. The van der Waals surface area contributed by atoms with Crippen LogP contribution in [0.5, 0.6) is 0 Å². The van der Waals surface area contributed by atoms with Crippen LogP contribution in [0.1, 0.15) is 12.0 Å².